The number of nitrogens with two attached hydrogens (primary N) is 1. The summed E-state index contributed by atoms with van der Waals surface area (Å²) in [4.78, 5) is 26.0. The molecular weight excluding hydrogens is 377 g/mol. The van der Waals surface area contributed by atoms with Crippen molar-refractivity contribution >= 4 is 21.8 Å². The minimum absolute atomic E-state index is 0.0453. The number of hydrogen-bond acceptors (Lipinski definition) is 3. The van der Waals surface area contributed by atoms with Gasteiger partial charge in [0.05, 0.1) is 0 Å². The molecule has 1 atom stereocenters. The zero-order chi connectivity index (χ0) is 17.3. The van der Waals surface area contributed by atoms with E-state index in [-0.39, 0.29) is 17.4 Å². The highest BCUT2D eigenvalue weighted by Crippen LogP contribution is 2.29. The summed E-state index contributed by atoms with van der Waals surface area (Å²) in [6.07, 6.45) is 2.48. The first-order chi connectivity index (χ1) is 11.5. The van der Waals surface area contributed by atoms with Crippen molar-refractivity contribution in [1.29, 1.82) is 0 Å². The molecule has 0 saturated carbocycles. The van der Waals surface area contributed by atoms with Crippen LogP contribution in [0.1, 0.15) is 46.1 Å². The number of primary amides is 1. The summed E-state index contributed by atoms with van der Waals surface area (Å²) in [5.74, 6) is -1.03. The molecule has 4 N–H and O–H groups in total. The minimum Gasteiger partial charge on any atom is -0.365 e. The maximum absolute atomic E-state index is 13.9. The van der Waals surface area contributed by atoms with Gasteiger partial charge >= 0.3 is 0 Å². The van der Waals surface area contributed by atoms with E-state index >= 15 is 0 Å². The lowest BCUT2D eigenvalue weighted by Gasteiger charge is -2.26. The maximum atomic E-state index is 13.9. The van der Waals surface area contributed by atoms with Crippen LogP contribution in [0.3, 0.4) is 0 Å². The molecule has 1 heterocycles. The number of amides is 1. The van der Waals surface area contributed by atoms with Crippen molar-refractivity contribution in [3.8, 4) is 0 Å². The van der Waals surface area contributed by atoms with Crippen molar-refractivity contribution in [1.82, 2.24) is 10.3 Å². The second-order valence-corrected chi connectivity index (χ2v) is 6.79. The highest BCUT2D eigenvalue weighted by molar-refractivity contribution is 9.10. The monoisotopic (exact) mass is 393 g/mol. The van der Waals surface area contributed by atoms with Crippen LogP contribution in [-0.2, 0) is 13.0 Å². The van der Waals surface area contributed by atoms with Gasteiger partial charge in [0.25, 0.3) is 11.5 Å². The lowest BCUT2D eigenvalue weighted by Crippen LogP contribution is -2.31. The summed E-state index contributed by atoms with van der Waals surface area (Å²) in [6, 6.07) is 6.29. The summed E-state index contributed by atoms with van der Waals surface area (Å²) in [6.45, 7) is 0.348. The Morgan fingerprint density at radius 1 is 1.42 bits per heavy atom. The molecule has 1 aromatic carbocycles. The number of H-pyrrole nitrogens is 1. The smallest absolute Gasteiger partial charge is 0.261 e. The first-order valence-electron chi connectivity index (χ1n) is 7.69. The summed E-state index contributed by atoms with van der Waals surface area (Å²) < 4.78 is 14.7. The summed E-state index contributed by atoms with van der Waals surface area (Å²) in [5, 5.41) is 3.31. The van der Waals surface area contributed by atoms with Gasteiger partial charge in [-0.1, -0.05) is 15.9 Å². The molecule has 1 unspecified atom stereocenters. The second kappa shape index (κ2) is 6.86. The lowest BCUT2D eigenvalue weighted by molar-refractivity contribution is 0.0998. The molecule has 1 amide bonds. The number of pyridine rings is 1. The molecule has 0 aliphatic heterocycles. The average molecular weight is 394 g/mol. The molecule has 2 aromatic rings. The Labute approximate surface area is 146 Å². The fourth-order valence-corrected chi connectivity index (χ4v) is 3.46. The first-order valence-corrected chi connectivity index (χ1v) is 8.48. The Morgan fingerprint density at radius 2 is 2.21 bits per heavy atom. The Kier molecular flexibility index (Phi) is 4.82. The van der Waals surface area contributed by atoms with Crippen LogP contribution in [0.4, 0.5) is 4.39 Å². The summed E-state index contributed by atoms with van der Waals surface area (Å²) >= 11 is 3.34. The van der Waals surface area contributed by atoms with Crippen molar-refractivity contribution in [2.45, 2.75) is 31.8 Å². The lowest BCUT2D eigenvalue weighted by atomic mass is 9.90. The molecular formula is C17H17BrFN3O2. The van der Waals surface area contributed by atoms with Crippen molar-refractivity contribution in [2.75, 3.05) is 0 Å². The standard InChI is InChI=1S/C17H17BrFN3O2/c18-10-4-5-13(19)9(6-10)8-21-14-2-1-3-15-11(14)7-12(16(20)23)17(24)22-15/h4-7,14,21H,1-3,8H2,(H2,20,23)(H,22,24). The normalized spacial score (nSPS) is 16.7. The third-order valence-electron chi connectivity index (χ3n) is 4.26. The Hall–Kier alpha value is -1.99. The van der Waals surface area contributed by atoms with E-state index in [1.54, 1.807) is 18.2 Å². The van der Waals surface area contributed by atoms with E-state index in [9.17, 15) is 14.0 Å². The number of fused-ring (bicyclic) bond motifs is 1. The second-order valence-electron chi connectivity index (χ2n) is 5.87. The van der Waals surface area contributed by atoms with E-state index in [0.29, 0.717) is 12.1 Å². The van der Waals surface area contributed by atoms with Gasteiger partial charge in [0, 0.05) is 28.3 Å². The van der Waals surface area contributed by atoms with Crippen LogP contribution in [0.2, 0.25) is 0 Å². The number of aromatic amines is 1. The van der Waals surface area contributed by atoms with Gasteiger partial charge in [-0.3, -0.25) is 9.59 Å². The van der Waals surface area contributed by atoms with E-state index in [1.807, 2.05) is 0 Å². The predicted molar refractivity (Wildman–Crippen MR) is 92.2 cm³/mol. The predicted octanol–water partition coefficient (Wildman–Crippen LogP) is 2.54. The molecule has 24 heavy (non-hydrogen) atoms. The van der Waals surface area contributed by atoms with Gasteiger partial charge in [0.1, 0.15) is 11.4 Å². The number of aromatic nitrogens is 1. The molecule has 126 valence electrons. The van der Waals surface area contributed by atoms with E-state index in [1.165, 1.54) is 6.07 Å². The quantitative estimate of drug-likeness (QED) is 0.745. The first kappa shape index (κ1) is 16.9. The third kappa shape index (κ3) is 3.42. The van der Waals surface area contributed by atoms with Crippen LogP contribution in [0, 0.1) is 5.82 Å². The molecule has 0 radical (unpaired) electrons. The van der Waals surface area contributed by atoms with E-state index < -0.39 is 11.5 Å². The molecule has 1 aliphatic carbocycles. The van der Waals surface area contributed by atoms with Crippen LogP contribution in [0.25, 0.3) is 0 Å². The van der Waals surface area contributed by atoms with Gasteiger partial charge in [0.2, 0.25) is 0 Å². The van der Waals surface area contributed by atoms with Crippen molar-refractivity contribution in [3.63, 3.8) is 0 Å². The number of rotatable bonds is 4. The number of halogens is 2. The largest absolute Gasteiger partial charge is 0.365 e. The summed E-state index contributed by atoms with van der Waals surface area (Å²) in [5.41, 5.74) is 6.97. The Bertz CT molecular complexity index is 850. The van der Waals surface area contributed by atoms with Crippen molar-refractivity contribution in [2.24, 2.45) is 5.73 Å². The number of benzene rings is 1. The van der Waals surface area contributed by atoms with Crippen LogP contribution in [0.5, 0.6) is 0 Å². The van der Waals surface area contributed by atoms with Crippen molar-refractivity contribution in [3.05, 3.63) is 67.3 Å². The third-order valence-corrected chi connectivity index (χ3v) is 4.76. The Morgan fingerprint density at radius 3 is 2.96 bits per heavy atom. The number of nitrogens with one attached hydrogen (secondary N) is 2. The van der Waals surface area contributed by atoms with Crippen LogP contribution in [0.15, 0.2) is 33.5 Å². The van der Waals surface area contributed by atoms with Gasteiger partial charge < -0.3 is 16.0 Å². The highest BCUT2D eigenvalue weighted by Gasteiger charge is 2.23. The molecule has 0 saturated heterocycles. The number of aryl methyl sites for hydroxylation is 1. The SMILES string of the molecule is NC(=O)c1cc2c([nH]c1=O)CCCC2NCc1cc(Br)ccc1F. The maximum Gasteiger partial charge on any atom is 0.261 e. The summed E-state index contributed by atoms with van der Waals surface area (Å²) in [7, 11) is 0. The van der Waals surface area contributed by atoms with E-state index in [2.05, 4.69) is 26.2 Å². The molecule has 5 nitrogen and oxygen atoms in total. The molecule has 0 spiro atoms. The van der Waals surface area contributed by atoms with Gasteiger partial charge in [-0.25, -0.2) is 4.39 Å². The fraction of sp³-hybridized carbons (Fsp3) is 0.294. The highest BCUT2D eigenvalue weighted by atomic mass is 79.9. The minimum atomic E-state index is -0.749. The van der Waals surface area contributed by atoms with Crippen LogP contribution < -0.4 is 16.6 Å². The number of hydrogen-bond donors (Lipinski definition) is 3. The molecule has 0 fully saturated rings. The fourth-order valence-electron chi connectivity index (χ4n) is 3.05. The van der Waals surface area contributed by atoms with E-state index in [4.69, 9.17) is 5.73 Å². The van der Waals surface area contributed by atoms with Gasteiger partial charge in [0.15, 0.2) is 0 Å². The molecule has 7 heteroatoms. The molecule has 1 aliphatic rings. The molecule has 0 bridgehead atoms. The number of carbonyl (C=O) groups excluding carboxylic acids is 1. The zero-order valence-electron chi connectivity index (χ0n) is 12.9. The van der Waals surface area contributed by atoms with Gasteiger partial charge in [-0.05, 0) is 49.1 Å². The zero-order valence-corrected chi connectivity index (χ0v) is 14.5. The Balaban J connectivity index is 1.86. The van der Waals surface area contributed by atoms with Crippen LogP contribution in [-0.4, -0.2) is 10.9 Å². The topological polar surface area (TPSA) is 88.0 Å². The van der Waals surface area contributed by atoms with E-state index in [0.717, 1.165) is 35.0 Å². The van der Waals surface area contributed by atoms with Gasteiger partial charge in [-0.2, -0.15) is 0 Å². The average Bonchev–Trinajstić information content (AvgIpc) is 2.54. The van der Waals surface area contributed by atoms with Gasteiger partial charge in [-0.15, -0.1) is 0 Å². The van der Waals surface area contributed by atoms with Crippen molar-refractivity contribution < 1.29 is 9.18 Å². The van der Waals surface area contributed by atoms with Crippen LogP contribution >= 0.6 is 15.9 Å². The number of carbonyl (C=O) groups is 1. The molecule has 3 rings (SSSR count). The molecule has 1 aromatic heterocycles.